The number of amides is 1. The lowest BCUT2D eigenvalue weighted by atomic mass is 10.2. The minimum Gasteiger partial charge on any atom is -0.444 e. The molecule has 1 aromatic rings. The lowest BCUT2D eigenvalue weighted by Gasteiger charge is -2.19. The largest absolute Gasteiger partial charge is 0.444 e. The number of ether oxygens (including phenoxy) is 1. The summed E-state index contributed by atoms with van der Waals surface area (Å²) in [6.45, 7) is 6.88. The fourth-order valence-electron chi connectivity index (χ4n) is 1.86. The molecule has 8 heteroatoms. The molecule has 0 saturated heterocycles. The van der Waals surface area contributed by atoms with E-state index in [1.165, 1.54) is 6.07 Å². The molecule has 0 spiro atoms. The van der Waals surface area contributed by atoms with Crippen LogP contribution in [0.25, 0.3) is 0 Å². The van der Waals surface area contributed by atoms with Gasteiger partial charge in [-0.25, -0.2) is 9.18 Å². The fraction of sp³-hybridized carbons (Fsp3) is 0.529. The van der Waals surface area contributed by atoms with Gasteiger partial charge in [0.25, 0.3) is 0 Å². The van der Waals surface area contributed by atoms with Gasteiger partial charge in [0.05, 0.1) is 0 Å². The highest BCUT2D eigenvalue weighted by Crippen LogP contribution is 2.14. The molecule has 1 rings (SSSR count). The highest BCUT2D eigenvalue weighted by atomic mass is 79.9. The Morgan fingerprint density at radius 1 is 1.24 bits per heavy atom. The monoisotopic (exact) mass is 416 g/mol. The first-order valence-corrected chi connectivity index (χ1v) is 8.86. The highest BCUT2D eigenvalue weighted by Gasteiger charge is 2.15. The minimum atomic E-state index is -0.503. The normalized spacial score (nSPS) is 11.8. The number of alkyl carbamates (subject to hydrolysis) is 1. The zero-order valence-corrected chi connectivity index (χ0v) is 16.7. The van der Waals surface area contributed by atoms with E-state index in [9.17, 15) is 9.18 Å². The second kappa shape index (κ2) is 10.2. The van der Waals surface area contributed by atoms with Crippen molar-refractivity contribution in [2.24, 2.45) is 4.99 Å². The number of carbonyl (C=O) groups is 1. The molecular weight excluding hydrogens is 391 g/mol. The Bertz CT molecular complexity index is 603. The summed E-state index contributed by atoms with van der Waals surface area (Å²) in [6.07, 6.45) is 0.271. The SMILES string of the molecule is CN=C(NCCCNC(=O)OC(C)(C)C)NCc1ccc(Br)cc1F. The Hall–Kier alpha value is -1.83. The minimum absolute atomic E-state index is 0.279. The first-order chi connectivity index (χ1) is 11.7. The van der Waals surface area contributed by atoms with Crippen molar-refractivity contribution in [2.75, 3.05) is 20.1 Å². The summed E-state index contributed by atoms with van der Waals surface area (Å²) in [5.41, 5.74) is 0.0501. The van der Waals surface area contributed by atoms with Gasteiger partial charge in [-0.15, -0.1) is 0 Å². The van der Waals surface area contributed by atoms with Crippen molar-refractivity contribution < 1.29 is 13.9 Å². The number of nitrogens with one attached hydrogen (secondary N) is 3. The Labute approximate surface area is 156 Å². The van der Waals surface area contributed by atoms with Crippen LogP contribution in [-0.2, 0) is 11.3 Å². The van der Waals surface area contributed by atoms with Gasteiger partial charge in [0, 0.05) is 36.7 Å². The summed E-state index contributed by atoms with van der Waals surface area (Å²) in [6, 6.07) is 4.93. The maximum atomic E-state index is 13.8. The molecule has 25 heavy (non-hydrogen) atoms. The smallest absolute Gasteiger partial charge is 0.407 e. The van der Waals surface area contributed by atoms with Gasteiger partial charge >= 0.3 is 6.09 Å². The number of hydrogen-bond donors (Lipinski definition) is 3. The van der Waals surface area contributed by atoms with Crippen molar-refractivity contribution >= 4 is 28.0 Å². The lowest BCUT2D eigenvalue weighted by molar-refractivity contribution is 0.0527. The molecule has 0 aromatic heterocycles. The van der Waals surface area contributed by atoms with Crippen LogP contribution >= 0.6 is 15.9 Å². The predicted molar refractivity (Wildman–Crippen MR) is 101 cm³/mol. The van der Waals surface area contributed by atoms with Crippen LogP contribution in [0.5, 0.6) is 0 Å². The van der Waals surface area contributed by atoms with Crippen molar-refractivity contribution in [1.29, 1.82) is 0 Å². The van der Waals surface area contributed by atoms with Crippen molar-refractivity contribution in [1.82, 2.24) is 16.0 Å². The number of aliphatic imine (C=N–C) groups is 1. The van der Waals surface area contributed by atoms with E-state index in [4.69, 9.17) is 4.74 Å². The highest BCUT2D eigenvalue weighted by molar-refractivity contribution is 9.10. The van der Waals surface area contributed by atoms with Gasteiger partial charge in [-0.2, -0.15) is 0 Å². The summed E-state index contributed by atoms with van der Waals surface area (Å²) >= 11 is 3.23. The second-order valence-electron chi connectivity index (χ2n) is 6.37. The molecule has 0 atom stereocenters. The van der Waals surface area contributed by atoms with Crippen LogP contribution in [0.3, 0.4) is 0 Å². The van der Waals surface area contributed by atoms with E-state index in [1.54, 1.807) is 19.2 Å². The molecule has 0 bridgehead atoms. The van der Waals surface area contributed by atoms with Crippen molar-refractivity contribution in [3.05, 3.63) is 34.1 Å². The summed E-state index contributed by atoms with van der Waals surface area (Å²) in [5.74, 6) is 0.290. The second-order valence-corrected chi connectivity index (χ2v) is 7.29. The summed E-state index contributed by atoms with van der Waals surface area (Å²) in [7, 11) is 1.65. The molecule has 0 aliphatic rings. The average Bonchev–Trinajstić information content (AvgIpc) is 2.49. The molecule has 0 fully saturated rings. The third-order valence-corrected chi connectivity index (χ3v) is 3.49. The third-order valence-electron chi connectivity index (χ3n) is 3.00. The van der Waals surface area contributed by atoms with Crippen LogP contribution < -0.4 is 16.0 Å². The Morgan fingerprint density at radius 2 is 1.92 bits per heavy atom. The van der Waals surface area contributed by atoms with E-state index in [-0.39, 0.29) is 5.82 Å². The summed E-state index contributed by atoms with van der Waals surface area (Å²) in [5, 5.41) is 8.84. The zero-order chi connectivity index (χ0) is 18.9. The quantitative estimate of drug-likeness (QED) is 0.378. The molecule has 0 aliphatic heterocycles. The van der Waals surface area contributed by atoms with Gasteiger partial charge in [-0.1, -0.05) is 22.0 Å². The molecule has 0 unspecified atom stereocenters. The van der Waals surface area contributed by atoms with E-state index in [2.05, 4.69) is 36.9 Å². The number of nitrogens with zero attached hydrogens (tertiary/aromatic N) is 1. The van der Waals surface area contributed by atoms with Crippen LogP contribution in [0.2, 0.25) is 0 Å². The molecule has 140 valence electrons. The number of guanidine groups is 1. The van der Waals surface area contributed by atoms with Gasteiger partial charge in [-0.3, -0.25) is 4.99 Å². The predicted octanol–water partition coefficient (Wildman–Crippen LogP) is 3.17. The van der Waals surface area contributed by atoms with Crippen LogP contribution in [0.1, 0.15) is 32.8 Å². The lowest BCUT2D eigenvalue weighted by Crippen LogP contribution is -2.39. The van der Waals surface area contributed by atoms with Crippen LogP contribution in [0.4, 0.5) is 9.18 Å². The maximum absolute atomic E-state index is 13.8. The van der Waals surface area contributed by atoms with Gasteiger partial charge < -0.3 is 20.7 Å². The van der Waals surface area contributed by atoms with Crippen LogP contribution in [0.15, 0.2) is 27.7 Å². The van der Waals surface area contributed by atoms with E-state index in [1.807, 2.05) is 20.8 Å². The average molecular weight is 417 g/mol. The summed E-state index contributed by atoms with van der Waals surface area (Å²) in [4.78, 5) is 15.6. The van der Waals surface area contributed by atoms with Gasteiger partial charge in [0.2, 0.25) is 0 Å². The van der Waals surface area contributed by atoms with Gasteiger partial charge in [-0.05, 0) is 39.3 Å². The van der Waals surface area contributed by atoms with E-state index >= 15 is 0 Å². The first kappa shape index (κ1) is 21.2. The molecule has 3 N–H and O–H groups in total. The van der Waals surface area contributed by atoms with Crippen molar-refractivity contribution in [3.8, 4) is 0 Å². The molecule has 0 aliphatic carbocycles. The molecule has 1 amide bonds. The Morgan fingerprint density at radius 3 is 2.52 bits per heavy atom. The molecule has 6 nitrogen and oxygen atoms in total. The number of hydrogen-bond acceptors (Lipinski definition) is 3. The van der Waals surface area contributed by atoms with Crippen LogP contribution in [-0.4, -0.2) is 37.8 Å². The Kier molecular flexibility index (Phi) is 8.68. The van der Waals surface area contributed by atoms with Gasteiger partial charge in [0.1, 0.15) is 11.4 Å². The standard InChI is InChI=1S/C17H26BrFN4O2/c1-17(2,3)25-16(24)22-9-5-8-21-15(20-4)23-11-12-6-7-13(18)10-14(12)19/h6-7,10H,5,8-9,11H2,1-4H3,(H,22,24)(H2,20,21,23). The first-order valence-electron chi connectivity index (χ1n) is 8.06. The van der Waals surface area contributed by atoms with E-state index in [0.717, 1.165) is 0 Å². The van der Waals surface area contributed by atoms with Gasteiger partial charge in [0.15, 0.2) is 5.96 Å². The maximum Gasteiger partial charge on any atom is 0.407 e. The number of rotatable bonds is 6. The molecule has 1 aromatic carbocycles. The Balaban J connectivity index is 2.25. The zero-order valence-electron chi connectivity index (χ0n) is 15.1. The molecule has 0 saturated carbocycles. The number of benzene rings is 1. The van der Waals surface area contributed by atoms with Crippen LogP contribution in [0, 0.1) is 5.82 Å². The third kappa shape index (κ3) is 9.28. The van der Waals surface area contributed by atoms with E-state index < -0.39 is 11.7 Å². The fourth-order valence-corrected chi connectivity index (χ4v) is 2.20. The number of halogens is 2. The molecule has 0 radical (unpaired) electrons. The molecular formula is C17H26BrFN4O2. The number of carbonyl (C=O) groups excluding carboxylic acids is 1. The van der Waals surface area contributed by atoms with E-state index in [0.29, 0.717) is 42.1 Å². The molecule has 0 heterocycles. The summed E-state index contributed by atoms with van der Waals surface area (Å²) < 4.78 is 19.6. The van der Waals surface area contributed by atoms with Crippen molar-refractivity contribution in [3.63, 3.8) is 0 Å². The van der Waals surface area contributed by atoms with Crippen molar-refractivity contribution in [2.45, 2.75) is 39.3 Å². The topological polar surface area (TPSA) is 74.8 Å².